The van der Waals surface area contributed by atoms with Crippen LogP contribution in [0.3, 0.4) is 0 Å². The molecule has 0 saturated heterocycles. The number of benzene rings is 2. The molecule has 0 aliphatic heterocycles. The molecule has 0 saturated carbocycles. The minimum atomic E-state index is -4.16. The number of rotatable bonds is 4. The van der Waals surface area contributed by atoms with E-state index in [9.17, 15) is 17.6 Å². The summed E-state index contributed by atoms with van der Waals surface area (Å²) in [6.07, 6.45) is 1.66. The molecule has 0 amide bonds. The molecule has 5 nitrogen and oxygen atoms in total. The van der Waals surface area contributed by atoms with Crippen LogP contribution >= 0.6 is 0 Å². The summed E-state index contributed by atoms with van der Waals surface area (Å²) >= 11 is 0. The standard InChI is InChI=1S/C19H12FNO4S/c20-16-7-3-2-6-15(16)17-9-13(12-22)11-21(17)26(23,24)19-10-14-5-1-4-8-18(14)25-19/h1-12H. The Kier molecular flexibility index (Phi) is 3.73. The maximum absolute atomic E-state index is 14.2. The fourth-order valence-electron chi connectivity index (χ4n) is 2.77. The molecule has 130 valence electrons. The van der Waals surface area contributed by atoms with E-state index in [0.717, 1.165) is 10.2 Å². The summed E-state index contributed by atoms with van der Waals surface area (Å²) in [6.45, 7) is 0. The zero-order valence-electron chi connectivity index (χ0n) is 13.3. The van der Waals surface area contributed by atoms with Crippen LogP contribution in [0.1, 0.15) is 10.4 Å². The number of fused-ring (bicyclic) bond motifs is 1. The first-order valence-corrected chi connectivity index (χ1v) is 9.11. The van der Waals surface area contributed by atoms with Gasteiger partial charge in [0.1, 0.15) is 11.4 Å². The summed E-state index contributed by atoms with van der Waals surface area (Å²) in [7, 11) is -4.16. The summed E-state index contributed by atoms with van der Waals surface area (Å²) in [5.74, 6) is -0.593. The number of aromatic nitrogens is 1. The van der Waals surface area contributed by atoms with Gasteiger partial charge in [-0.25, -0.2) is 8.36 Å². The predicted octanol–water partition coefficient (Wildman–Crippen LogP) is 4.09. The molecule has 7 heteroatoms. The van der Waals surface area contributed by atoms with Crippen LogP contribution in [0.4, 0.5) is 4.39 Å². The Morgan fingerprint density at radius 2 is 1.73 bits per heavy atom. The largest absolute Gasteiger partial charge is 0.443 e. The van der Waals surface area contributed by atoms with Crippen LogP contribution in [0.5, 0.6) is 0 Å². The highest BCUT2D eigenvalue weighted by Gasteiger charge is 2.26. The van der Waals surface area contributed by atoms with E-state index in [0.29, 0.717) is 17.3 Å². The van der Waals surface area contributed by atoms with E-state index >= 15 is 0 Å². The molecule has 0 atom stereocenters. The maximum atomic E-state index is 14.2. The molecule has 0 spiro atoms. The van der Waals surface area contributed by atoms with Gasteiger partial charge < -0.3 is 4.42 Å². The Morgan fingerprint density at radius 1 is 1.00 bits per heavy atom. The number of hydrogen-bond acceptors (Lipinski definition) is 4. The van der Waals surface area contributed by atoms with Gasteiger partial charge in [-0.2, -0.15) is 8.42 Å². The molecular formula is C19H12FNO4S. The van der Waals surface area contributed by atoms with Crippen molar-refractivity contribution in [3.8, 4) is 11.3 Å². The SMILES string of the molecule is O=Cc1cc(-c2ccccc2F)n(S(=O)(=O)c2cc3ccccc3o2)c1. The Balaban J connectivity index is 1.95. The molecule has 0 aliphatic carbocycles. The molecule has 0 unspecified atom stereocenters. The average Bonchev–Trinajstić information content (AvgIpc) is 3.27. The summed E-state index contributed by atoms with van der Waals surface area (Å²) < 4.78 is 46.7. The van der Waals surface area contributed by atoms with Gasteiger partial charge in [0.2, 0.25) is 5.09 Å². The maximum Gasteiger partial charge on any atom is 0.301 e. The Bertz CT molecular complexity index is 1200. The number of aldehydes is 1. The van der Waals surface area contributed by atoms with Crippen LogP contribution in [0.15, 0.2) is 76.4 Å². The monoisotopic (exact) mass is 369 g/mol. The van der Waals surface area contributed by atoms with Crippen molar-refractivity contribution in [2.75, 3.05) is 0 Å². The van der Waals surface area contributed by atoms with Crippen LogP contribution < -0.4 is 0 Å². The lowest BCUT2D eigenvalue weighted by atomic mass is 10.1. The third-order valence-electron chi connectivity index (χ3n) is 4.01. The minimum Gasteiger partial charge on any atom is -0.443 e. The van der Waals surface area contributed by atoms with Gasteiger partial charge in [0, 0.05) is 28.8 Å². The zero-order chi connectivity index (χ0) is 18.3. The fraction of sp³-hybridized carbons (Fsp3) is 0. The summed E-state index contributed by atoms with van der Waals surface area (Å²) in [5, 5.41) is 0.339. The van der Waals surface area contributed by atoms with Gasteiger partial charge in [0.15, 0.2) is 6.29 Å². The van der Waals surface area contributed by atoms with Crippen molar-refractivity contribution in [2.45, 2.75) is 5.09 Å². The average molecular weight is 369 g/mol. The van der Waals surface area contributed by atoms with Gasteiger partial charge in [-0.1, -0.05) is 30.3 Å². The highest BCUT2D eigenvalue weighted by Crippen LogP contribution is 2.30. The molecule has 2 aromatic carbocycles. The second-order valence-electron chi connectivity index (χ2n) is 5.66. The summed E-state index contributed by atoms with van der Waals surface area (Å²) in [6, 6.07) is 15.4. The molecule has 0 bridgehead atoms. The number of carbonyl (C=O) groups excluding carboxylic acids is 1. The van der Waals surface area contributed by atoms with E-state index in [1.54, 1.807) is 30.3 Å². The molecule has 0 aliphatic rings. The van der Waals surface area contributed by atoms with E-state index in [2.05, 4.69) is 0 Å². The fourth-order valence-corrected chi connectivity index (χ4v) is 4.11. The predicted molar refractivity (Wildman–Crippen MR) is 94.0 cm³/mol. The highest BCUT2D eigenvalue weighted by atomic mass is 32.2. The van der Waals surface area contributed by atoms with Crippen molar-refractivity contribution < 1.29 is 22.0 Å². The molecule has 4 rings (SSSR count). The van der Waals surface area contributed by atoms with Gasteiger partial charge >= 0.3 is 10.0 Å². The lowest BCUT2D eigenvalue weighted by Crippen LogP contribution is -2.12. The number of nitrogens with zero attached hydrogens (tertiary/aromatic N) is 1. The van der Waals surface area contributed by atoms with Crippen molar-refractivity contribution in [3.63, 3.8) is 0 Å². The van der Waals surface area contributed by atoms with Gasteiger partial charge in [0.25, 0.3) is 0 Å². The van der Waals surface area contributed by atoms with Gasteiger partial charge in [-0.3, -0.25) is 4.79 Å². The quantitative estimate of drug-likeness (QED) is 0.508. The minimum absolute atomic E-state index is 0.0469. The van der Waals surface area contributed by atoms with Crippen LogP contribution in [0.25, 0.3) is 22.2 Å². The first-order valence-electron chi connectivity index (χ1n) is 7.67. The van der Waals surface area contributed by atoms with Crippen molar-refractivity contribution >= 4 is 27.3 Å². The van der Waals surface area contributed by atoms with E-state index < -0.39 is 15.8 Å². The van der Waals surface area contributed by atoms with Crippen molar-refractivity contribution in [1.29, 1.82) is 0 Å². The lowest BCUT2D eigenvalue weighted by Gasteiger charge is -2.09. The zero-order valence-corrected chi connectivity index (χ0v) is 14.1. The Morgan fingerprint density at radius 3 is 2.46 bits per heavy atom. The first-order chi connectivity index (χ1) is 12.5. The van der Waals surface area contributed by atoms with Crippen LogP contribution in [0.2, 0.25) is 0 Å². The van der Waals surface area contributed by atoms with Crippen LogP contribution in [0, 0.1) is 5.82 Å². The molecule has 2 heterocycles. The molecule has 0 N–H and O–H groups in total. The molecule has 4 aromatic rings. The van der Waals surface area contributed by atoms with Crippen molar-refractivity contribution in [1.82, 2.24) is 3.97 Å². The van der Waals surface area contributed by atoms with E-state index in [1.807, 2.05) is 0 Å². The van der Waals surface area contributed by atoms with E-state index in [4.69, 9.17) is 4.42 Å². The second kappa shape index (κ2) is 5.96. The third kappa shape index (κ3) is 2.53. The van der Waals surface area contributed by atoms with Crippen molar-refractivity contribution in [3.05, 3.63) is 78.2 Å². The second-order valence-corrected chi connectivity index (χ2v) is 7.41. The number of carbonyl (C=O) groups is 1. The smallest absolute Gasteiger partial charge is 0.301 e. The summed E-state index contributed by atoms with van der Waals surface area (Å²) in [5.41, 5.74) is 0.648. The normalized spacial score (nSPS) is 11.7. The number of para-hydroxylation sites is 1. The highest BCUT2D eigenvalue weighted by molar-refractivity contribution is 7.89. The van der Waals surface area contributed by atoms with Gasteiger partial charge in [-0.05, 0) is 24.3 Å². The van der Waals surface area contributed by atoms with Crippen LogP contribution in [-0.4, -0.2) is 18.7 Å². The Labute approximate surface area is 148 Å². The lowest BCUT2D eigenvalue weighted by molar-refractivity contribution is 0.112. The van der Waals surface area contributed by atoms with Gasteiger partial charge in [-0.15, -0.1) is 0 Å². The molecule has 2 aromatic heterocycles. The molecule has 0 radical (unpaired) electrons. The number of hydrogen-bond donors (Lipinski definition) is 0. The third-order valence-corrected chi connectivity index (χ3v) is 5.54. The number of furan rings is 1. The van der Waals surface area contributed by atoms with Crippen LogP contribution in [-0.2, 0) is 10.0 Å². The summed E-state index contributed by atoms with van der Waals surface area (Å²) in [4.78, 5) is 11.2. The molecule has 26 heavy (non-hydrogen) atoms. The van der Waals surface area contributed by atoms with E-state index in [1.165, 1.54) is 30.3 Å². The van der Waals surface area contributed by atoms with E-state index in [-0.39, 0.29) is 21.9 Å². The van der Waals surface area contributed by atoms with Crippen molar-refractivity contribution in [2.24, 2.45) is 0 Å². The Hall–Kier alpha value is -3.19. The molecule has 0 fully saturated rings. The molecular weight excluding hydrogens is 357 g/mol. The first kappa shape index (κ1) is 16.3. The van der Waals surface area contributed by atoms with Gasteiger partial charge in [0.05, 0.1) is 5.69 Å². The number of halogens is 1. The topological polar surface area (TPSA) is 69.3 Å².